The van der Waals surface area contributed by atoms with Crippen molar-refractivity contribution in [1.29, 1.82) is 0 Å². The largest absolute Gasteiger partial charge is 0.300 e. The molecule has 0 N–H and O–H groups in total. The van der Waals surface area contributed by atoms with E-state index < -0.39 is 0 Å². The molecule has 0 aromatic heterocycles. The van der Waals surface area contributed by atoms with Crippen LogP contribution in [0.2, 0.25) is 0 Å². The van der Waals surface area contributed by atoms with Gasteiger partial charge in [-0.2, -0.15) is 0 Å². The summed E-state index contributed by atoms with van der Waals surface area (Å²) in [6.45, 7) is 14.7. The quantitative estimate of drug-likeness (QED) is 0.605. The summed E-state index contributed by atoms with van der Waals surface area (Å²) in [5, 5.41) is 0. The smallest absolute Gasteiger partial charge is 0.00952 e. The van der Waals surface area contributed by atoms with Crippen molar-refractivity contribution in [2.24, 2.45) is 17.8 Å². The minimum atomic E-state index is 0.774. The molecular formula is C17H35N. The monoisotopic (exact) mass is 253 g/mol. The fraction of sp³-hybridized carbons (Fsp3) is 1.00. The predicted molar refractivity (Wildman–Crippen MR) is 81.9 cm³/mol. The highest BCUT2D eigenvalue weighted by Crippen LogP contribution is 2.30. The van der Waals surface area contributed by atoms with Gasteiger partial charge in [0.25, 0.3) is 0 Å². The van der Waals surface area contributed by atoms with Crippen molar-refractivity contribution in [3.63, 3.8) is 0 Å². The number of nitrogens with zero attached hydrogens (tertiary/aromatic N) is 1. The molecule has 0 aromatic carbocycles. The second-order valence-corrected chi connectivity index (χ2v) is 6.83. The first-order valence-corrected chi connectivity index (χ1v) is 8.30. The summed E-state index contributed by atoms with van der Waals surface area (Å²) in [5.74, 6) is 2.62. The normalized spacial score (nSPS) is 34.5. The van der Waals surface area contributed by atoms with E-state index in [-0.39, 0.29) is 0 Å². The van der Waals surface area contributed by atoms with Gasteiger partial charge in [-0.15, -0.1) is 0 Å². The zero-order valence-electron chi connectivity index (χ0n) is 13.4. The Morgan fingerprint density at radius 3 is 2.28 bits per heavy atom. The molecule has 1 fully saturated rings. The van der Waals surface area contributed by atoms with E-state index in [1.807, 2.05) is 0 Å². The predicted octanol–water partition coefficient (Wildman–Crippen LogP) is 4.96. The third-order valence-corrected chi connectivity index (χ3v) is 5.10. The average molecular weight is 253 g/mol. The standard InChI is InChI=1S/C17H35N/c1-6-7-8-9-10-11-18-13-14(2)12-15(3)16(4)17(18)5/h14-17H,6-13H2,1-5H3. The topological polar surface area (TPSA) is 3.24 Å². The van der Waals surface area contributed by atoms with Crippen molar-refractivity contribution in [1.82, 2.24) is 4.90 Å². The van der Waals surface area contributed by atoms with E-state index in [1.165, 1.54) is 51.6 Å². The van der Waals surface area contributed by atoms with E-state index in [4.69, 9.17) is 0 Å². The fourth-order valence-corrected chi connectivity index (χ4v) is 3.51. The molecule has 1 aliphatic rings. The van der Waals surface area contributed by atoms with Crippen LogP contribution in [-0.4, -0.2) is 24.0 Å². The van der Waals surface area contributed by atoms with Crippen molar-refractivity contribution < 1.29 is 0 Å². The SMILES string of the molecule is CCCCCCCN1CC(C)CC(C)C(C)C1C. The lowest BCUT2D eigenvalue weighted by atomic mass is 9.86. The second kappa shape index (κ2) is 8.19. The van der Waals surface area contributed by atoms with Gasteiger partial charge in [0.05, 0.1) is 0 Å². The van der Waals surface area contributed by atoms with Gasteiger partial charge in [-0.25, -0.2) is 0 Å². The highest BCUT2D eigenvalue weighted by Gasteiger charge is 2.30. The van der Waals surface area contributed by atoms with E-state index >= 15 is 0 Å². The summed E-state index contributed by atoms with van der Waals surface area (Å²) in [4.78, 5) is 2.77. The highest BCUT2D eigenvalue weighted by molar-refractivity contribution is 4.83. The number of hydrogen-bond acceptors (Lipinski definition) is 1. The van der Waals surface area contributed by atoms with Crippen molar-refractivity contribution in [2.45, 2.75) is 79.2 Å². The van der Waals surface area contributed by atoms with Crippen LogP contribution in [0.5, 0.6) is 0 Å². The van der Waals surface area contributed by atoms with Gasteiger partial charge in [0.15, 0.2) is 0 Å². The molecule has 0 saturated carbocycles. The molecule has 1 rings (SSSR count). The van der Waals surface area contributed by atoms with Crippen LogP contribution in [0, 0.1) is 17.8 Å². The minimum Gasteiger partial charge on any atom is -0.300 e. The van der Waals surface area contributed by atoms with Gasteiger partial charge >= 0.3 is 0 Å². The number of unbranched alkanes of at least 4 members (excludes halogenated alkanes) is 4. The van der Waals surface area contributed by atoms with Crippen molar-refractivity contribution >= 4 is 0 Å². The molecule has 0 spiro atoms. The van der Waals surface area contributed by atoms with Gasteiger partial charge in [0.2, 0.25) is 0 Å². The Morgan fingerprint density at radius 1 is 0.944 bits per heavy atom. The fourth-order valence-electron chi connectivity index (χ4n) is 3.51. The molecule has 0 radical (unpaired) electrons. The number of rotatable bonds is 6. The van der Waals surface area contributed by atoms with Crippen LogP contribution in [0.3, 0.4) is 0 Å². The lowest BCUT2D eigenvalue weighted by molar-refractivity contribution is 0.151. The molecule has 18 heavy (non-hydrogen) atoms. The minimum absolute atomic E-state index is 0.774. The maximum absolute atomic E-state index is 2.77. The van der Waals surface area contributed by atoms with Crippen molar-refractivity contribution in [3.8, 4) is 0 Å². The Hall–Kier alpha value is -0.0400. The highest BCUT2D eigenvalue weighted by atomic mass is 15.2. The van der Waals surface area contributed by atoms with Gasteiger partial charge in [0, 0.05) is 12.6 Å². The molecule has 1 aliphatic heterocycles. The first-order valence-electron chi connectivity index (χ1n) is 8.30. The second-order valence-electron chi connectivity index (χ2n) is 6.83. The first kappa shape index (κ1) is 16.0. The molecule has 1 heteroatoms. The number of hydrogen-bond donors (Lipinski definition) is 0. The summed E-state index contributed by atoms with van der Waals surface area (Å²) in [6, 6.07) is 0.774. The Bertz CT molecular complexity index is 214. The Balaban J connectivity index is 2.37. The summed E-state index contributed by atoms with van der Waals surface area (Å²) >= 11 is 0. The van der Waals surface area contributed by atoms with Gasteiger partial charge in [-0.3, -0.25) is 0 Å². The van der Waals surface area contributed by atoms with Crippen LogP contribution in [0.25, 0.3) is 0 Å². The van der Waals surface area contributed by atoms with Crippen LogP contribution >= 0.6 is 0 Å². The zero-order chi connectivity index (χ0) is 13.5. The molecule has 0 aromatic rings. The maximum atomic E-state index is 2.77. The Labute approximate surface area is 115 Å². The molecule has 108 valence electrons. The summed E-state index contributed by atoms with van der Waals surface area (Å²) in [5.41, 5.74) is 0. The Morgan fingerprint density at radius 2 is 1.61 bits per heavy atom. The molecule has 4 unspecified atom stereocenters. The summed E-state index contributed by atoms with van der Waals surface area (Å²) < 4.78 is 0. The third kappa shape index (κ3) is 4.91. The van der Waals surface area contributed by atoms with E-state index in [9.17, 15) is 0 Å². The summed E-state index contributed by atoms with van der Waals surface area (Å²) in [7, 11) is 0. The van der Waals surface area contributed by atoms with Crippen LogP contribution in [0.15, 0.2) is 0 Å². The Kier molecular flexibility index (Phi) is 7.29. The molecule has 1 saturated heterocycles. The van der Waals surface area contributed by atoms with Crippen LogP contribution < -0.4 is 0 Å². The third-order valence-electron chi connectivity index (χ3n) is 5.10. The van der Waals surface area contributed by atoms with Gasteiger partial charge in [0.1, 0.15) is 0 Å². The molecule has 0 amide bonds. The lowest BCUT2D eigenvalue weighted by Crippen LogP contribution is -2.39. The van der Waals surface area contributed by atoms with E-state index in [2.05, 4.69) is 39.5 Å². The van der Waals surface area contributed by atoms with E-state index in [1.54, 1.807) is 0 Å². The first-order chi connectivity index (χ1) is 8.56. The molecule has 0 aliphatic carbocycles. The molecule has 0 bridgehead atoms. The van der Waals surface area contributed by atoms with E-state index in [0.717, 1.165) is 23.8 Å². The van der Waals surface area contributed by atoms with Crippen LogP contribution in [-0.2, 0) is 0 Å². The average Bonchev–Trinajstić information content (AvgIpc) is 2.42. The van der Waals surface area contributed by atoms with Crippen molar-refractivity contribution in [3.05, 3.63) is 0 Å². The lowest BCUT2D eigenvalue weighted by Gasteiger charge is -2.32. The molecule has 1 heterocycles. The van der Waals surface area contributed by atoms with Crippen molar-refractivity contribution in [2.75, 3.05) is 13.1 Å². The number of likely N-dealkylation sites (tertiary alicyclic amines) is 1. The summed E-state index contributed by atoms with van der Waals surface area (Å²) in [6.07, 6.45) is 8.44. The molecule has 4 atom stereocenters. The van der Waals surface area contributed by atoms with Gasteiger partial charge < -0.3 is 4.90 Å². The van der Waals surface area contributed by atoms with Gasteiger partial charge in [-0.1, -0.05) is 53.4 Å². The van der Waals surface area contributed by atoms with Gasteiger partial charge in [-0.05, 0) is 44.1 Å². The van der Waals surface area contributed by atoms with Crippen LogP contribution in [0.4, 0.5) is 0 Å². The van der Waals surface area contributed by atoms with Crippen LogP contribution in [0.1, 0.15) is 73.1 Å². The molecule has 1 nitrogen and oxygen atoms in total. The molecular weight excluding hydrogens is 218 g/mol. The zero-order valence-corrected chi connectivity index (χ0v) is 13.4. The maximum Gasteiger partial charge on any atom is 0.00952 e. The van der Waals surface area contributed by atoms with E-state index in [0.29, 0.717) is 0 Å².